The Kier molecular flexibility index (Phi) is 3.95. The Morgan fingerprint density at radius 1 is 1.20 bits per heavy atom. The van der Waals surface area contributed by atoms with Crippen molar-refractivity contribution < 1.29 is 4.74 Å². The van der Waals surface area contributed by atoms with Gasteiger partial charge in [0.25, 0.3) is 0 Å². The molecule has 0 fully saturated rings. The van der Waals surface area contributed by atoms with Crippen LogP contribution < -0.4 is 10.5 Å². The smallest absolute Gasteiger partial charge is 0.120 e. The average molecular weight is 288 g/mol. The normalized spacial score (nSPS) is 17.6. The first-order valence-corrected chi connectivity index (χ1v) is 7.36. The number of hydrogen-bond donors (Lipinski definition) is 1. The molecule has 0 bridgehead atoms. The van der Waals surface area contributed by atoms with Gasteiger partial charge in [0.2, 0.25) is 0 Å². The van der Waals surface area contributed by atoms with Crippen LogP contribution in [0.1, 0.15) is 35.6 Å². The third-order valence-corrected chi connectivity index (χ3v) is 4.20. The lowest BCUT2D eigenvalue weighted by atomic mass is 9.88. The standard InChI is InChI=1S/C17H18ClNO/c18-16-6-2-1-4-13(16)11-20-14-9-8-12-5-3-7-17(19)15(12)10-14/h1-2,4,6,8-10,17H,3,5,7,11,19H2/t17-/m0/s1. The Labute approximate surface area is 124 Å². The fourth-order valence-corrected chi connectivity index (χ4v) is 2.87. The number of ether oxygens (including phenoxy) is 1. The lowest BCUT2D eigenvalue weighted by Crippen LogP contribution is -2.17. The molecule has 1 aliphatic rings. The van der Waals surface area contributed by atoms with E-state index in [0.29, 0.717) is 6.61 Å². The van der Waals surface area contributed by atoms with E-state index in [1.807, 2.05) is 30.3 Å². The van der Waals surface area contributed by atoms with Gasteiger partial charge in [0.05, 0.1) is 0 Å². The van der Waals surface area contributed by atoms with Crippen molar-refractivity contribution in [2.24, 2.45) is 5.73 Å². The summed E-state index contributed by atoms with van der Waals surface area (Å²) in [5.41, 5.74) is 9.75. The average Bonchev–Trinajstić information content (AvgIpc) is 2.47. The molecule has 3 rings (SSSR count). The first-order valence-electron chi connectivity index (χ1n) is 6.98. The summed E-state index contributed by atoms with van der Waals surface area (Å²) in [5, 5.41) is 0.738. The molecule has 3 heteroatoms. The SMILES string of the molecule is N[C@H]1CCCc2ccc(OCc3ccccc3Cl)cc21. The van der Waals surface area contributed by atoms with Crippen molar-refractivity contribution in [2.75, 3.05) is 0 Å². The third kappa shape index (κ3) is 2.82. The van der Waals surface area contributed by atoms with E-state index in [4.69, 9.17) is 22.1 Å². The highest BCUT2D eigenvalue weighted by molar-refractivity contribution is 6.31. The molecule has 2 nitrogen and oxygen atoms in total. The van der Waals surface area contributed by atoms with Gasteiger partial charge in [-0.3, -0.25) is 0 Å². The largest absolute Gasteiger partial charge is 0.489 e. The van der Waals surface area contributed by atoms with Crippen LogP contribution in [-0.2, 0) is 13.0 Å². The van der Waals surface area contributed by atoms with Gasteiger partial charge in [0.1, 0.15) is 12.4 Å². The lowest BCUT2D eigenvalue weighted by Gasteiger charge is -2.22. The van der Waals surface area contributed by atoms with Crippen molar-refractivity contribution in [1.82, 2.24) is 0 Å². The molecule has 0 heterocycles. The van der Waals surface area contributed by atoms with E-state index >= 15 is 0 Å². The molecule has 0 saturated heterocycles. The molecule has 1 aliphatic carbocycles. The quantitative estimate of drug-likeness (QED) is 0.916. The van der Waals surface area contributed by atoms with E-state index in [-0.39, 0.29) is 6.04 Å². The van der Waals surface area contributed by atoms with E-state index in [9.17, 15) is 0 Å². The molecular weight excluding hydrogens is 270 g/mol. The summed E-state index contributed by atoms with van der Waals surface area (Å²) in [5.74, 6) is 0.862. The first kappa shape index (κ1) is 13.5. The Hall–Kier alpha value is -1.51. The van der Waals surface area contributed by atoms with E-state index in [1.54, 1.807) is 0 Å². The number of halogens is 1. The first-order chi connectivity index (χ1) is 9.74. The minimum atomic E-state index is 0.141. The van der Waals surface area contributed by atoms with Crippen molar-refractivity contribution in [1.29, 1.82) is 0 Å². The Bertz CT molecular complexity index is 612. The van der Waals surface area contributed by atoms with Gasteiger partial charge in [-0.2, -0.15) is 0 Å². The van der Waals surface area contributed by atoms with Crippen molar-refractivity contribution in [2.45, 2.75) is 31.9 Å². The van der Waals surface area contributed by atoms with Gasteiger partial charge in [-0.15, -0.1) is 0 Å². The molecule has 0 unspecified atom stereocenters. The maximum atomic E-state index is 6.17. The lowest BCUT2D eigenvalue weighted by molar-refractivity contribution is 0.305. The molecule has 2 aromatic rings. The van der Waals surface area contributed by atoms with Gasteiger partial charge < -0.3 is 10.5 Å². The molecule has 0 saturated carbocycles. The summed E-state index contributed by atoms with van der Waals surface area (Å²) >= 11 is 6.13. The summed E-state index contributed by atoms with van der Waals surface area (Å²) in [7, 11) is 0. The Morgan fingerprint density at radius 3 is 2.90 bits per heavy atom. The zero-order valence-electron chi connectivity index (χ0n) is 11.3. The minimum Gasteiger partial charge on any atom is -0.489 e. The highest BCUT2D eigenvalue weighted by Gasteiger charge is 2.17. The fourth-order valence-electron chi connectivity index (χ4n) is 2.68. The molecular formula is C17H18ClNO. The summed E-state index contributed by atoms with van der Waals surface area (Å²) < 4.78 is 5.85. The summed E-state index contributed by atoms with van der Waals surface area (Å²) in [6.07, 6.45) is 3.35. The Morgan fingerprint density at radius 2 is 2.05 bits per heavy atom. The van der Waals surface area contributed by atoms with Gasteiger partial charge in [-0.05, 0) is 48.6 Å². The number of rotatable bonds is 3. The highest BCUT2D eigenvalue weighted by Crippen LogP contribution is 2.31. The maximum Gasteiger partial charge on any atom is 0.120 e. The topological polar surface area (TPSA) is 35.2 Å². The molecule has 2 aromatic carbocycles. The molecule has 104 valence electrons. The number of fused-ring (bicyclic) bond motifs is 1. The molecule has 2 N–H and O–H groups in total. The van der Waals surface area contributed by atoms with Gasteiger partial charge >= 0.3 is 0 Å². The molecule has 0 aromatic heterocycles. The van der Waals surface area contributed by atoms with Crippen molar-refractivity contribution >= 4 is 11.6 Å². The molecule has 20 heavy (non-hydrogen) atoms. The third-order valence-electron chi connectivity index (χ3n) is 3.83. The molecule has 0 aliphatic heterocycles. The van der Waals surface area contributed by atoms with Crippen molar-refractivity contribution in [3.8, 4) is 5.75 Å². The van der Waals surface area contributed by atoms with Crippen LogP contribution in [-0.4, -0.2) is 0 Å². The van der Waals surface area contributed by atoms with Crippen LogP contribution in [0.2, 0.25) is 5.02 Å². The monoisotopic (exact) mass is 287 g/mol. The van der Waals surface area contributed by atoms with E-state index in [2.05, 4.69) is 12.1 Å². The summed E-state index contributed by atoms with van der Waals surface area (Å²) in [6.45, 7) is 0.480. The van der Waals surface area contributed by atoms with Crippen LogP contribution in [0.25, 0.3) is 0 Å². The number of aryl methyl sites for hydroxylation is 1. The fraction of sp³-hybridized carbons (Fsp3) is 0.294. The van der Waals surface area contributed by atoms with Crippen LogP contribution in [0.4, 0.5) is 0 Å². The van der Waals surface area contributed by atoms with E-state index in [0.717, 1.165) is 29.2 Å². The summed E-state index contributed by atoms with van der Waals surface area (Å²) in [4.78, 5) is 0. The predicted octanol–water partition coefficient (Wildman–Crippen LogP) is 4.26. The molecule has 0 spiro atoms. The number of benzene rings is 2. The second-order valence-corrected chi connectivity index (χ2v) is 5.65. The maximum absolute atomic E-state index is 6.17. The minimum absolute atomic E-state index is 0.141. The van der Waals surface area contributed by atoms with Crippen LogP contribution in [0.5, 0.6) is 5.75 Å². The van der Waals surface area contributed by atoms with Gasteiger partial charge in [-0.1, -0.05) is 35.9 Å². The molecule has 0 amide bonds. The Balaban J connectivity index is 1.75. The zero-order chi connectivity index (χ0) is 13.9. The van der Waals surface area contributed by atoms with Gasteiger partial charge in [0, 0.05) is 16.6 Å². The molecule has 1 atom stereocenters. The van der Waals surface area contributed by atoms with Crippen LogP contribution in [0, 0.1) is 0 Å². The van der Waals surface area contributed by atoms with Crippen LogP contribution in [0.3, 0.4) is 0 Å². The van der Waals surface area contributed by atoms with E-state index in [1.165, 1.54) is 17.5 Å². The van der Waals surface area contributed by atoms with Gasteiger partial charge in [0.15, 0.2) is 0 Å². The summed E-state index contributed by atoms with van der Waals surface area (Å²) in [6, 6.07) is 14.1. The number of hydrogen-bond acceptors (Lipinski definition) is 2. The van der Waals surface area contributed by atoms with E-state index < -0.39 is 0 Å². The van der Waals surface area contributed by atoms with Crippen molar-refractivity contribution in [3.63, 3.8) is 0 Å². The van der Waals surface area contributed by atoms with Crippen LogP contribution in [0.15, 0.2) is 42.5 Å². The second-order valence-electron chi connectivity index (χ2n) is 5.24. The number of nitrogens with two attached hydrogens (primary N) is 1. The van der Waals surface area contributed by atoms with Crippen LogP contribution >= 0.6 is 11.6 Å². The molecule has 0 radical (unpaired) electrons. The van der Waals surface area contributed by atoms with Gasteiger partial charge in [-0.25, -0.2) is 0 Å². The second kappa shape index (κ2) is 5.86. The predicted molar refractivity (Wildman–Crippen MR) is 82.1 cm³/mol. The van der Waals surface area contributed by atoms with Crippen molar-refractivity contribution in [3.05, 3.63) is 64.2 Å². The zero-order valence-corrected chi connectivity index (χ0v) is 12.1. The highest BCUT2D eigenvalue weighted by atomic mass is 35.5.